The molecular weight excluding hydrogens is 236 g/mol. The Labute approximate surface area is 118 Å². The van der Waals surface area contributed by atoms with Gasteiger partial charge in [-0.1, -0.05) is 33.8 Å². The maximum absolute atomic E-state index is 5.84. The van der Waals surface area contributed by atoms with E-state index in [4.69, 9.17) is 9.47 Å². The van der Waals surface area contributed by atoms with Gasteiger partial charge in [0.15, 0.2) is 0 Å². The molecule has 1 rings (SSSR count). The van der Waals surface area contributed by atoms with Crippen LogP contribution in [0.4, 0.5) is 0 Å². The average molecular weight is 264 g/mol. The predicted octanol–water partition coefficient (Wildman–Crippen LogP) is 4.84. The predicted molar refractivity (Wildman–Crippen MR) is 81.1 cm³/mol. The molecule has 19 heavy (non-hydrogen) atoms. The van der Waals surface area contributed by atoms with Gasteiger partial charge in [-0.05, 0) is 43.7 Å². The van der Waals surface area contributed by atoms with Crippen molar-refractivity contribution < 1.29 is 9.47 Å². The molecular formula is C17H28O2. The van der Waals surface area contributed by atoms with Crippen LogP contribution in [-0.4, -0.2) is 13.2 Å². The van der Waals surface area contributed by atoms with Crippen LogP contribution >= 0.6 is 0 Å². The topological polar surface area (TPSA) is 18.5 Å². The standard InChI is InChI=1S/C17H28O2/c1-13(2)9-11-18-16-7-6-8-17(15(16)5)19-12-10-14(3)4/h6-8,13-14H,9-12H2,1-5H3. The lowest BCUT2D eigenvalue weighted by atomic mass is 10.1. The van der Waals surface area contributed by atoms with Crippen molar-refractivity contribution in [2.75, 3.05) is 13.2 Å². The minimum absolute atomic E-state index is 0.672. The zero-order valence-corrected chi connectivity index (χ0v) is 13.0. The number of hydrogen-bond donors (Lipinski definition) is 0. The SMILES string of the molecule is Cc1c(OCCC(C)C)cccc1OCCC(C)C. The molecule has 1 aromatic carbocycles. The van der Waals surface area contributed by atoms with Crippen LogP contribution < -0.4 is 9.47 Å². The summed E-state index contributed by atoms with van der Waals surface area (Å²) < 4.78 is 11.7. The highest BCUT2D eigenvalue weighted by molar-refractivity contribution is 5.43. The fraction of sp³-hybridized carbons (Fsp3) is 0.647. The van der Waals surface area contributed by atoms with Gasteiger partial charge in [0.2, 0.25) is 0 Å². The van der Waals surface area contributed by atoms with E-state index in [0.29, 0.717) is 11.8 Å². The van der Waals surface area contributed by atoms with Crippen molar-refractivity contribution in [2.45, 2.75) is 47.5 Å². The second-order valence-corrected chi connectivity index (χ2v) is 5.94. The van der Waals surface area contributed by atoms with Gasteiger partial charge in [0.05, 0.1) is 13.2 Å². The molecule has 0 fully saturated rings. The first-order chi connectivity index (χ1) is 9.00. The summed E-state index contributed by atoms with van der Waals surface area (Å²) in [5.74, 6) is 3.24. The zero-order chi connectivity index (χ0) is 14.3. The molecule has 1 aromatic rings. The van der Waals surface area contributed by atoms with E-state index in [-0.39, 0.29) is 0 Å². The van der Waals surface area contributed by atoms with Gasteiger partial charge in [0, 0.05) is 5.56 Å². The van der Waals surface area contributed by atoms with Crippen LogP contribution in [-0.2, 0) is 0 Å². The van der Waals surface area contributed by atoms with Gasteiger partial charge in [0.25, 0.3) is 0 Å². The number of benzene rings is 1. The molecule has 0 radical (unpaired) electrons. The molecule has 0 N–H and O–H groups in total. The Hall–Kier alpha value is -1.18. The van der Waals surface area contributed by atoms with Crippen LogP contribution in [0.25, 0.3) is 0 Å². The summed E-state index contributed by atoms with van der Waals surface area (Å²) in [6.07, 6.45) is 2.16. The first-order valence-electron chi connectivity index (χ1n) is 7.36. The van der Waals surface area contributed by atoms with E-state index < -0.39 is 0 Å². The van der Waals surface area contributed by atoms with E-state index in [2.05, 4.69) is 34.6 Å². The Kier molecular flexibility index (Phi) is 6.75. The summed E-state index contributed by atoms with van der Waals surface area (Å²) in [4.78, 5) is 0. The Morgan fingerprint density at radius 3 is 1.63 bits per heavy atom. The minimum atomic E-state index is 0.672. The minimum Gasteiger partial charge on any atom is -0.493 e. The Morgan fingerprint density at radius 1 is 0.842 bits per heavy atom. The molecule has 0 saturated heterocycles. The van der Waals surface area contributed by atoms with Gasteiger partial charge in [-0.2, -0.15) is 0 Å². The van der Waals surface area contributed by atoms with Gasteiger partial charge in [-0.3, -0.25) is 0 Å². The molecule has 0 amide bonds. The average Bonchev–Trinajstić information content (AvgIpc) is 2.32. The molecule has 0 aliphatic carbocycles. The van der Waals surface area contributed by atoms with Crippen LogP contribution in [0.1, 0.15) is 46.1 Å². The summed E-state index contributed by atoms with van der Waals surface area (Å²) >= 11 is 0. The van der Waals surface area contributed by atoms with Gasteiger partial charge in [-0.25, -0.2) is 0 Å². The van der Waals surface area contributed by atoms with Crippen molar-refractivity contribution in [3.05, 3.63) is 23.8 Å². The highest BCUT2D eigenvalue weighted by Crippen LogP contribution is 2.28. The van der Waals surface area contributed by atoms with E-state index in [9.17, 15) is 0 Å². The normalized spacial score (nSPS) is 11.1. The van der Waals surface area contributed by atoms with Crippen molar-refractivity contribution in [1.29, 1.82) is 0 Å². The molecule has 2 nitrogen and oxygen atoms in total. The molecule has 0 aliphatic rings. The van der Waals surface area contributed by atoms with Crippen LogP contribution in [0.5, 0.6) is 11.5 Å². The summed E-state index contributed by atoms with van der Waals surface area (Å²) in [6, 6.07) is 6.04. The Bertz CT molecular complexity index is 337. The second-order valence-electron chi connectivity index (χ2n) is 5.94. The molecule has 0 unspecified atom stereocenters. The molecule has 0 saturated carbocycles. The first kappa shape index (κ1) is 15.9. The number of hydrogen-bond acceptors (Lipinski definition) is 2. The van der Waals surface area contributed by atoms with E-state index in [0.717, 1.165) is 43.1 Å². The van der Waals surface area contributed by atoms with E-state index in [1.807, 2.05) is 18.2 Å². The fourth-order valence-corrected chi connectivity index (χ4v) is 1.72. The quantitative estimate of drug-likeness (QED) is 0.668. The van der Waals surface area contributed by atoms with Crippen LogP contribution in [0.3, 0.4) is 0 Å². The summed E-state index contributed by atoms with van der Waals surface area (Å²) in [7, 11) is 0. The molecule has 0 bridgehead atoms. The van der Waals surface area contributed by atoms with Crippen molar-refractivity contribution in [2.24, 2.45) is 11.8 Å². The Morgan fingerprint density at radius 2 is 1.26 bits per heavy atom. The maximum atomic E-state index is 5.84. The van der Waals surface area contributed by atoms with Gasteiger partial charge in [-0.15, -0.1) is 0 Å². The van der Waals surface area contributed by atoms with Crippen LogP contribution in [0, 0.1) is 18.8 Å². The first-order valence-corrected chi connectivity index (χ1v) is 7.36. The second kappa shape index (κ2) is 8.08. The lowest BCUT2D eigenvalue weighted by molar-refractivity contribution is 0.273. The van der Waals surface area contributed by atoms with Gasteiger partial charge >= 0.3 is 0 Å². The summed E-state index contributed by atoms with van der Waals surface area (Å²) in [5.41, 5.74) is 1.11. The van der Waals surface area contributed by atoms with Crippen molar-refractivity contribution >= 4 is 0 Å². The van der Waals surface area contributed by atoms with Crippen molar-refractivity contribution in [3.63, 3.8) is 0 Å². The summed E-state index contributed by atoms with van der Waals surface area (Å²) in [5, 5.41) is 0. The largest absolute Gasteiger partial charge is 0.493 e. The van der Waals surface area contributed by atoms with Gasteiger partial charge in [0.1, 0.15) is 11.5 Å². The third kappa shape index (κ3) is 6.00. The summed E-state index contributed by atoms with van der Waals surface area (Å²) in [6.45, 7) is 12.4. The lowest BCUT2D eigenvalue weighted by Crippen LogP contribution is -2.05. The monoisotopic (exact) mass is 264 g/mol. The zero-order valence-electron chi connectivity index (χ0n) is 13.0. The van der Waals surface area contributed by atoms with E-state index in [1.165, 1.54) is 0 Å². The van der Waals surface area contributed by atoms with E-state index in [1.54, 1.807) is 0 Å². The number of ether oxygens (including phenoxy) is 2. The van der Waals surface area contributed by atoms with Crippen LogP contribution in [0.2, 0.25) is 0 Å². The fourth-order valence-electron chi connectivity index (χ4n) is 1.72. The molecule has 0 aromatic heterocycles. The molecule has 0 spiro atoms. The van der Waals surface area contributed by atoms with Crippen molar-refractivity contribution in [3.8, 4) is 11.5 Å². The van der Waals surface area contributed by atoms with Crippen LogP contribution in [0.15, 0.2) is 18.2 Å². The van der Waals surface area contributed by atoms with Gasteiger partial charge < -0.3 is 9.47 Å². The third-order valence-electron chi connectivity index (χ3n) is 3.14. The molecule has 2 heteroatoms. The molecule has 0 heterocycles. The smallest absolute Gasteiger partial charge is 0.125 e. The molecule has 0 atom stereocenters. The lowest BCUT2D eigenvalue weighted by Gasteiger charge is -2.15. The number of rotatable bonds is 8. The highest BCUT2D eigenvalue weighted by Gasteiger charge is 2.07. The highest BCUT2D eigenvalue weighted by atomic mass is 16.5. The molecule has 108 valence electrons. The molecule has 0 aliphatic heterocycles. The maximum Gasteiger partial charge on any atom is 0.125 e. The Balaban J connectivity index is 2.54. The van der Waals surface area contributed by atoms with Crippen molar-refractivity contribution in [1.82, 2.24) is 0 Å². The third-order valence-corrected chi connectivity index (χ3v) is 3.14. The van der Waals surface area contributed by atoms with E-state index >= 15 is 0 Å².